The van der Waals surface area contributed by atoms with Gasteiger partial charge in [0.25, 0.3) is 0 Å². The van der Waals surface area contributed by atoms with Gasteiger partial charge in [-0.15, -0.1) is 0 Å². The molecule has 2 heterocycles. The van der Waals surface area contributed by atoms with Gasteiger partial charge in [0, 0.05) is 21.4 Å². The third-order valence-corrected chi connectivity index (χ3v) is 7.19. The molecule has 0 spiro atoms. The van der Waals surface area contributed by atoms with Crippen LogP contribution in [0.5, 0.6) is 5.75 Å². The largest absolute Gasteiger partial charge is 0.467 e. The Morgan fingerprint density at radius 1 is 1.12 bits per heavy atom. The number of nitrogens with one attached hydrogen (secondary N) is 2. The number of anilines is 2. The van der Waals surface area contributed by atoms with Crippen molar-refractivity contribution in [3.63, 3.8) is 0 Å². The van der Waals surface area contributed by atoms with Gasteiger partial charge in [-0.2, -0.15) is 0 Å². The number of carbonyl (C=O) groups excluding carboxylic acids is 1. The molecule has 168 valence electrons. The van der Waals surface area contributed by atoms with E-state index in [2.05, 4.69) is 32.6 Å². The van der Waals surface area contributed by atoms with Crippen molar-refractivity contribution in [2.75, 3.05) is 10.2 Å². The van der Waals surface area contributed by atoms with E-state index >= 15 is 0 Å². The summed E-state index contributed by atoms with van der Waals surface area (Å²) in [6, 6.07) is 21.3. The number of halogens is 1. The number of hydrogen-bond acceptors (Lipinski definition) is 3. The number of amides is 1. The van der Waals surface area contributed by atoms with E-state index in [1.807, 2.05) is 86.3 Å². The second kappa shape index (κ2) is 8.15. The maximum atomic E-state index is 13.9. The van der Waals surface area contributed by atoms with Crippen molar-refractivity contribution in [1.29, 1.82) is 0 Å². The van der Waals surface area contributed by atoms with Gasteiger partial charge in [0.15, 0.2) is 10.8 Å². The minimum absolute atomic E-state index is 0.126. The first-order chi connectivity index (χ1) is 15.8. The van der Waals surface area contributed by atoms with E-state index in [1.54, 1.807) is 0 Å². The fourth-order valence-electron chi connectivity index (χ4n) is 4.90. The summed E-state index contributed by atoms with van der Waals surface area (Å²) in [6.07, 6.45) is 0. The molecule has 1 saturated heterocycles. The molecule has 0 saturated carbocycles. The van der Waals surface area contributed by atoms with E-state index in [0.29, 0.717) is 5.11 Å². The molecular formula is C26H24BrN3O2S. The molecule has 5 rings (SSSR count). The van der Waals surface area contributed by atoms with E-state index in [9.17, 15) is 4.79 Å². The van der Waals surface area contributed by atoms with E-state index in [0.717, 1.165) is 38.3 Å². The summed E-state index contributed by atoms with van der Waals surface area (Å²) in [5.74, 6) is 0.0494. The lowest BCUT2D eigenvalue weighted by molar-refractivity contribution is -0.130. The molecule has 3 aromatic rings. The first kappa shape index (κ1) is 21.9. The maximum absolute atomic E-state index is 13.9. The van der Waals surface area contributed by atoms with Crippen LogP contribution in [0.2, 0.25) is 0 Å². The topological polar surface area (TPSA) is 53.6 Å². The molecule has 2 bridgehead atoms. The van der Waals surface area contributed by atoms with E-state index in [-0.39, 0.29) is 11.9 Å². The lowest BCUT2D eigenvalue weighted by Crippen LogP contribution is -2.72. The summed E-state index contributed by atoms with van der Waals surface area (Å²) >= 11 is 9.35. The van der Waals surface area contributed by atoms with Gasteiger partial charge in [-0.25, -0.2) is 0 Å². The van der Waals surface area contributed by atoms with Gasteiger partial charge in [-0.3, -0.25) is 9.69 Å². The maximum Gasteiger partial charge on any atom is 0.236 e. The van der Waals surface area contributed by atoms with Gasteiger partial charge in [-0.1, -0.05) is 57.9 Å². The zero-order valence-electron chi connectivity index (χ0n) is 18.6. The molecule has 1 amide bonds. The zero-order chi connectivity index (χ0) is 23.3. The predicted molar refractivity (Wildman–Crippen MR) is 139 cm³/mol. The molecule has 0 aliphatic carbocycles. The van der Waals surface area contributed by atoms with Crippen LogP contribution in [0.25, 0.3) is 0 Å². The minimum atomic E-state index is -1.04. The number of aryl methyl sites for hydroxylation is 2. The Labute approximate surface area is 207 Å². The van der Waals surface area contributed by atoms with Gasteiger partial charge in [0.1, 0.15) is 11.7 Å². The molecule has 7 heteroatoms. The van der Waals surface area contributed by atoms with Gasteiger partial charge in [0.05, 0.1) is 6.04 Å². The number of nitrogens with zero attached hydrogens (tertiary/aromatic N) is 1. The second-order valence-electron chi connectivity index (χ2n) is 8.72. The molecule has 3 aromatic carbocycles. The van der Waals surface area contributed by atoms with Crippen LogP contribution in [0.15, 0.2) is 71.2 Å². The van der Waals surface area contributed by atoms with Gasteiger partial charge in [-0.05, 0) is 68.9 Å². The monoisotopic (exact) mass is 521 g/mol. The Morgan fingerprint density at radius 2 is 1.91 bits per heavy atom. The van der Waals surface area contributed by atoms with Crippen LogP contribution in [-0.4, -0.2) is 16.7 Å². The quantitative estimate of drug-likeness (QED) is 0.422. The van der Waals surface area contributed by atoms with Crippen molar-refractivity contribution in [1.82, 2.24) is 5.32 Å². The molecule has 0 unspecified atom stereocenters. The predicted octanol–water partition coefficient (Wildman–Crippen LogP) is 5.87. The lowest BCUT2D eigenvalue weighted by Gasteiger charge is -2.56. The summed E-state index contributed by atoms with van der Waals surface area (Å²) in [6.45, 7) is 5.98. The lowest BCUT2D eigenvalue weighted by atomic mass is 9.78. The first-order valence-electron chi connectivity index (χ1n) is 10.8. The Bertz CT molecular complexity index is 1280. The van der Waals surface area contributed by atoms with Crippen LogP contribution < -0.4 is 20.3 Å². The number of fused-ring (bicyclic) bond motifs is 4. The minimum Gasteiger partial charge on any atom is -0.467 e. The summed E-state index contributed by atoms with van der Waals surface area (Å²) < 4.78 is 7.53. The fraction of sp³-hybridized carbons (Fsp3) is 0.231. The van der Waals surface area contributed by atoms with Crippen LogP contribution in [0.1, 0.15) is 29.7 Å². The van der Waals surface area contributed by atoms with Crippen molar-refractivity contribution in [2.45, 2.75) is 32.5 Å². The molecule has 0 radical (unpaired) electrons. The van der Waals surface area contributed by atoms with E-state index in [1.165, 1.54) is 0 Å². The van der Waals surface area contributed by atoms with Crippen LogP contribution in [0, 0.1) is 19.8 Å². The third-order valence-electron chi connectivity index (χ3n) is 6.40. The first-order valence-corrected chi connectivity index (χ1v) is 12.0. The standard InChI is InChI=1S/C26H24BrN3O2S/c1-15-11-12-20(16(2)13-15)28-24(31)22-23-19-9-4-5-10-21(19)32-26(22,3)30(25(33)29-23)18-8-6-7-17(27)14-18/h4-14,22-23H,1-3H3,(H,28,31)(H,29,33)/t22-,23-,26+/m1/s1. The van der Waals surface area contributed by atoms with Crippen molar-refractivity contribution in [2.24, 2.45) is 5.92 Å². The summed E-state index contributed by atoms with van der Waals surface area (Å²) in [7, 11) is 0. The fourth-order valence-corrected chi connectivity index (χ4v) is 5.70. The molecule has 1 fully saturated rings. The smallest absolute Gasteiger partial charge is 0.236 e. The highest BCUT2D eigenvalue weighted by molar-refractivity contribution is 9.10. The number of benzene rings is 3. The number of para-hydroxylation sites is 1. The average molecular weight is 522 g/mol. The van der Waals surface area contributed by atoms with Gasteiger partial charge in [0.2, 0.25) is 5.91 Å². The van der Waals surface area contributed by atoms with Gasteiger partial charge < -0.3 is 15.4 Å². The van der Waals surface area contributed by atoms with Crippen LogP contribution >= 0.6 is 28.1 Å². The number of thiocarbonyl (C=S) groups is 1. The molecule has 5 nitrogen and oxygen atoms in total. The van der Waals surface area contributed by atoms with Crippen molar-refractivity contribution >= 4 is 50.5 Å². The van der Waals surface area contributed by atoms with Crippen molar-refractivity contribution < 1.29 is 9.53 Å². The summed E-state index contributed by atoms with van der Waals surface area (Å²) in [5, 5.41) is 7.11. The Balaban J connectivity index is 1.62. The average Bonchev–Trinajstić information content (AvgIpc) is 2.75. The molecule has 3 atom stereocenters. The third kappa shape index (κ3) is 3.69. The zero-order valence-corrected chi connectivity index (χ0v) is 21.0. The Hall–Kier alpha value is -2.90. The second-order valence-corrected chi connectivity index (χ2v) is 10.0. The van der Waals surface area contributed by atoms with Crippen molar-refractivity contribution in [3.8, 4) is 5.75 Å². The number of rotatable bonds is 3. The highest BCUT2D eigenvalue weighted by Crippen LogP contribution is 2.49. The van der Waals surface area contributed by atoms with Gasteiger partial charge >= 0.3 is 0 Å². The van der Waals surface area contributed by atoms with Crippen molar-refractivity contribution in [3.05, 3.63) is 87.9 Å². The highest BCUT2D eigenvalue weighted by atomic mass is 79.9. The molecule has 2 N–H and O–H groups in total. The molecule has 2 aliphatic rings. The highest BCUT2D eigenvalue weighted by Gasteiger charge is 2.59. The Kier molecular flexibility index (Phi) is 5.41. The summed E-state index contributed by atoms with van der Waals surface area (Å²) in [4.78, 5) is 15.8. The van der Waals surface area contributed by atoms with E-state index in [4.69, 9.17) is 17.0 Å². The molecule has 0 aromatic heterocycles. The number of ether oxygens (including phenoxy) is 1. The van der Waals surface area contributed by atoms with Crippen LogP contribution in [-0.2, 0) is 4.79 Å². The number of carbonyl (C=O) groups is 1. The molecule has 33 heavy (non-hydrogen) atoms. The van der Waals surface area contributed by atoms with Crippen LogP contribution in [0.4, 0.5) is 11.4 Å². The normalized spacial score (nSPS) is 23.3. The molecular weight excluding hydrogens is 498 g/mol. The Morgan fingerprint density at radius 3 is 2.67 bits per heavy atom. The van der Waals surface area contributed by atoms with Crippen LogP contribution in [0.3, 0.4) is 0 Å². The van der Waals surface area contributed by atoms with E-state index < -0.39 is 11.6 Å². The summed E-state index contributed by atoms with van der Waals surface area (Å²) in [5.41, 5.74) is 3.69. The SMILES string of the molecule is Cc1ccc(NC(=O)[C@H]2[C@@H]3NC(=S)N(c4cccc(Br)c4)[C@@]2(C)Oc2ccccc23)c(C)c1. The molecule has 2 aliphatic heterocycles. The number of hydrogen-bond donors (Lipinski definition) is 2.